The number of hydrogen-bond donors (Lipinski definition) is 2. The molecule has 0 amide bonds. The average Bonchev–Trinajstić information content (AvgIpc) is 2.52. The van der Waals surface area contributed by atoms with E-state index >= 15 is 0 Å². The minimum atomic E-state index is 0.516. The summed E-state index contributed by atoms with van der Waals surface area (Å²) in [6.45, 7) is 2.64. The highest BCUT2D eigenvalue weighted by Gasteiger charge is 2.08. The summed E-state index contributed by atoms with van der Waals surface area (Å²) in [4.78, 5) is 8.25. The SMILES string of the molecule is CCc1c(N)ncnc1NCc1ccc(OC)c(OC)c1. The minimum absolute atomic E-state index is 0.516. The number of aromatic nitrogens is 2. The zero-order chi connectivity index (χ0) is 15.2. The van der Waals surface area contributed by atoms with Crippen molar-refractivity contribution in [1.82, 2.24) is 9.97 Å². The Balaban J connectivity index is 2.15. The summed E-state index contributed by atoms with van der Waals surface area (Å²) >= 11 is 0. The predicted molar refractivity (Wildman–Crippen MR) is 82.7 cm³/mol. The molecule has 0 aliphatic rings. The Bertz CT molecular complexity index is 617. The second-order valence-electron chi connectivity index (χ2n) is 4.48. The second kappa shape index (κ2) is 6.78. The number of nitrogens with one attached hydrogen (secondary N) is 1. The lowest BCUT2D eigenvalue weighted by molar-refractivity contribution is 0.354. The molecule has 2 aromatic rings. The summed E-state index contributed by atoms with van der Waals surface area (Å²) in [6.07, 6.45) is 2.24. The quantitative estimate of drug-likeness (QED) is 0.848. The summed E-state index contributed by atoms with van der Waals surface area (Å²) in [6, 6.07) is 5.79. The Kier molecular flexibility index (Phi) is 4.81. The highest BCUT2D eigenvalue weighted by atomic mass is 16.5. The van der Waals surface area contributed by atoms with Crippen LogP contribution in [0.5, 0.6) is 11.5 Å². The Labute approximate surface area is 124 Å². The van der Waals surface area contributed by atoms with Crippen molar-refractivity contribution in [3.63, 3.8) is 0 Å². The van der Waals surface area contributed by atoms with Crippen molar-refractivity contribution < 1.29 is 9.47 Å². The fourth-order valence-corrected chi connectivity index (χ4v) is 2.10. The molecule has 0 unspecified atom stereocenters. The van der Waals surface area contributed by atoms with E-state index in [0.29, 0.717) is 23.9 Å². The van der Waals surface area contributed by atoms with Gasteiger partial charge in [0.05, 0.1) is 14.2 Å². The van der Waals surface area contributed by atoms with E-state index in [1.54, 1.807) is 14.2 Å². The Morgan fingerprint density at radius 3 is 2.57 bits per heavy atom. The number of anilines is 2. The van der Waals surface area contributed by atoms with E-state index < -0.39 is 0 Å². The van der Waals surface area contributed by atoms with Gasteiger partial charge in [0.15, 0.2) is 11.5 Å². The highest BCUT2D eigenvalue weighted by Crippen LogP contribution is 2.28. The van der Waals surface area contributed by atoms with Crippen LogP contribution >= 0.6 is 0 Å². The van der Waals surface area contributed by atoms with E-state index in [0.717, 1.165) is 23.4 Å². The van der Waals surface area contributed by atoms with Gasteiger partial charge in [-0.1, -0.05) is 13.0 Å². The number of nitrogens with two attached hydrogens (primary N) is 1. The number of ether oxygens (including phenoxy) is 2. The van der Waals surface area contributed by atoms with Crippen LogP contribution in [0.3, 0.4) is 0 Å². The van der Waals surface area contributed by atoms with E-state index in [1.165, 1.54) is 6.33 Å². The maximum absolute atomic E-state index is 5.86. The molecular weight excluding hydrogens is 268 g/mol. The van der Waals surface area contributed by atoms with Crippen LogP contribution in [-0.4, -0.2) is 24.2 Å². The van der Waals surface area contributed by atoms with Crippen LogP contribution in [-0.2, 0) is 13.0 Å². The fraction of sp³-hybridized carbons (Fsp3) is 0.333. The van der Waals surface area contributed by atoms with Gasteiger partial charge in [-0.2, -0.15) is 0 Å². The van der Waals surface area contributed by atoms with Crippen LogP contribution in [0.4, 0.5) is 11.6 Å². The number of methoxy groups -OCH3 is 2. The first-order valence-electron chi connectivity index (χ1n) is 6.73. The van der Waals surface area contributed by atoms with Crippen LogP contribution in [0.15, 0.2) is 24.5 Å². The molecule has 1 heterocycles. The molecule has 1 aromatic heterocycles. The molecule has 6 heteroatoms. The molecule has 0 spiro atoms. The van der Waals surface area contributed by atoms with Crippen molar-refractivity contribution in [2.24, 2.45) is 0 Å². The minimum Gasteiger partial charge on any atom is -0.493 e. The van der Waals surface area contributed by atoms with E-state index in [9.17, 15) is 0 Å². The highest BCUT2D eigenvalue weighted by molar-refractivity contribution is 5.55. The molecule has 0 saturated heterocycles. The third-order valence-electron chi connectivity index (χ3n) is 3.24. The number of nitrogens with zero attached hydrogens (tertiary/aromatic N) is 2. The molecule has 0 saturated carbocycles. The normalized spacial score (nSPS) is 10.2. The number of nitrogen functional groups attached to an aromatic ring is 1. The molecule has 0 fully saturated rings. The fourth-order valence-electron chi connectivity index (χ4n) is 2.10. The molecule has 6 nitrogen and oxygen atoms in total. The van der Waals surface area contributed by atoms with Gasteiger partial charge >= 0.3 is 0 Å². The maximum atomic E-state index is 5.86. The third-order valence-corrected chi connectivity index (χ3v) is 3.24. The molecule has 2 rings (SSSR count). The molecule has 0 aliphatic heterocycles. The van der Waals surface area contributed by atoms with Gasteiger partial charge in [0.1, 0.15) is 18.0 Å². The van der Waals surface area contributed by atoms with Crippen LogP contribution < -0.4 is 20.5 Å². The lowest BCUT2D eigenvalue weighted by atomic mass is 10.2. The Morgan fingerprint density at radius 1 is 1.14 bits per heavy atom. The first-order chi connectivity index (χ1) is 10.2. The Morgan fingerprint density at radius 2 is 1.90 bits per heavy atom. The smallest absolute Gasteiger partial charge is 0.161 e. The van der Waals surface area contributed by atoms with Crippen LogP contribution in [0.1, 0.15) is 18.1 Å². The van der Waals surface area contributed by atoms with E-state index in [1.807, 2.05) is 25.1 Å². The Hall–Kier alpha value is -2.50. The van der Waals surface area contributed by atoms with Crippen molar-refractivity contribution in [1.29, 1.82) is 0 Å². The zero-order valence-electron chi connectivity index (χ0n) is 12.5. The predicted octanol–water partition coefficient (Wildman–Crippen LogP) is 2.25. The molecule has 0 radical (unpaired) electrons. The van der Waals surface area contributed by atoms with Crippen LogP contribution in [0, 0.1) is 0 Å². The summed E-state index contributed by atoms with van der Waals surface area (Å²) in [7, 11) is 3.24. The van der Waals surface area contributed by atoms with Crippen LogP contribution in [0.25, 0.3) is 0 Å². The zero-order valence-corrected chi connectivity index (χ0v) is 12.5. The molecular formula is C15H20N4O2. The first-order valence-corrected chi connectivity index (χ1v) is 6.73. The molecule has 0 bridgehead atoms. The summed E-state index contributed by atoms with van der Waals surface area (Å²) in [5.41, 5.74) is 7.85. The van der Waals surface area contributed by atoms with Gasteiger partial charge in [-0.3, -0.25) is 0 Å². The van der Waals surface area contributed by atoms with Crippen LogP contribution in [0.2, 0.25) is 0 Å². The average molecular weight is 288 g/mol. The van der Waals surface area contributed by atoms with Crippen molar-refractivity contribution in [3.05, 3.63) is 35.7 Å². The van der Waals surface area contributed by atoms with Gasteiger partial charge in [-0.15, -0.1) is 0 Å². The van der Waals surface area contributed by atoms with E-state index in [-0.39, 0.29) is 0 Å². The molecule has 0 aliphatic carbocycles. The molecule has 0 atom stereocenters. The lowest BCUT2D eigenvalue weighted by Gasteiger charge is -2.13. The van der Waals surface area contributed by atoms with Gasteiger partial charge in [-0.25, -0.2) is 9.97 Å². The van der Waals surface area contributed by atoms with Crippen molar-refractivity contribution >= 4 is 11.6 Å². The second-order valence-corrected chi connectivity index (χ2v) is 4.48. The third kappa shape index (κ3) is 3.34. The molecule has 21 heavy (non-hydrogen) atoms. The number of hydrogen-bond acceptors (Lipinski definition) is 6. The topological polar surface area (TPSA) is 82.3 Å². The molecule has 3 N–H and O–H groups in total. The molecule has 1 aromatic carbocycles. The van der Waals surface area contributed by atoms with Gasteiger partial charge < -0.3 is 20.5 Å². The summed E-state index contributed by atoms with van der Waals surface area (Å²) in [5.74, 6) is 2.69. The van der Waals surface area contributed by atoms with Crippen molar-refractivity contribution in [2.75, 3.05) is 25.3 Å². The van der Waals surface area contributed by atoms with E-state index in [2.05, 4.69) is 15.3 Å². The van der Waals surface area contributed by atoms with Gasteiger partial charge in [0.25, 0.3) is 0 Å². The van der Waals surface area contributed by atoms with Crippen molar-refractivity contribution in [3.8, 4) is 11.5 Å². The largest absolute Gasteiger partial charge is 0.493 e. The van der Waals surface area contributed by atoms with Gasteiger partial charge in [-0.05, 0) is 24.1 Å². The number of rotatable bonds is 6. The summed E-state index contributed by atoms with van der Waals surface area (Å²) in [5, 5.41) is 3.28. The molecule has 112 valence electrons. The standard InChI is InChI=1S/C15H20N4O2/c1-4-11-14(16)18-9-19-15(11)17-8-10-5-6-12(20-2)13(7-10)21-3/h5-7,9H,4,8H2,1-3H3,(H3,16,17,18,19). The van der Waals surface area contributed by atoms with Gasteiger partial charge in [0, 0.05) is 12.1 Å². The van der Waals surface area contributed by atoms with Gasteiger partial charge in [0.2, 0.25) is 0 Å². The van der Waals surface area contributed by atoms with Crippen molar-refractivity contribution in [2.45, 2.75) is 19.9 Å². The lowest BCUT2D eigenvalue weighted by Crippen LogP contribution is -2.08. The number of benzene rings is 1. The summed E-state index contributed by atoms with van der Waals surface area (Å²) < 4.78 is 10.5. The van der Waals surface area contributed by atoms with E-state index in [4.69, 9.17) is 15.2 Å². The first kappa shape index (κ1) is 14.9. The maximum Gasteiger partial charge on any atom is 0.161 e. The monoisotopic (exact) mass is 288 g/mol.